The van der Waals surface area contributed by atoms with Gasteiger partial charge in [0.25, 0.3) is 0 Å². The Morgan fingerprint density at radius 3 is 2.33 bits per heavy atom. The molecule has 116 valence electrons. The summed E-state index contributed by atoms with van der Waals surface area (Å²) >= 11 is 0. The molecule has 1 aromatic carbocycles. The zero-order valence-corrected chi connectivity index (χ0v) is 12.8. The minimum Gasteiger partial charge on any atom is -0.496 e. The zero-order chi connectivity index (χ0) is 15.7. The summed E-state index contributed by atoms with van der Waals surface area (Å²) in [7, 11) is 4.83. The molecule has 0 atom stereocenters. The van der Waals surface area contributed by atoms with Gasteiger partial charge < -0.3 is 25.3 Å². The number of methoxy groups -OCH3 is 3. The van der Waals surface area contributed by atoms with E-state index in [-0.39, 0.29) is 0 Å². The summed E-state index contributed by atoms with van der Waals surface area (Å²) in [5, 5.41) is 2.92. The molecule has 0 aliphatic carbocycles. The first-order valence-electron chi connectivity index (χ1n) is 6.59. The lowest BCUT2D eigenvalue weighted by atomic mass is 10.1. The fourth-order valence-corrected chi connectivity index (χ4v) is 1.85. The lowest BCUT2D eigenvalue weighted by Gasteiger charge is -2.14. The van der Waals surface area contributed by atoms with Gasteiger partial charge in [-0.1, -0.05) is 6.08 Å². The van der Waals surface area contributed by atoms with Crippen molar-refractivity contribution in [3.8, 4) is 17.2 Å². The average molecular weight is 293 g/mol. The van der Waals surface area contributed by atoms with Crippen molar-refractivity contribution in [2.45, 2.75) is 6.42 Å². The molecule has 1 aromatic rings. The van der Waals surface area contributed by atoms with Crippen molar-refractivity contribution in [3.05, 3.63) is 30.4 Å². The summed E-state index contributed by atoms with van der Waals surface area (Å²) in [6.45, 7) is 4.71. The van der Waals surface area contributed by atoms with Crippen LogP contribution in [0, 0.1) is 0 Å². The zero-order valence-electron chi connectivity index (χ0n) is 12.8. The van der Waals surface area contributed by atoms with Crippen molar-refractivity contribution in [2.24, 2.45) is 10.7 Å². The average Bonchev–Trinajstić information content (AvgIpc) is 2.52. The van der Waals surface area contributed by atoms with Gasteiger partial charge in [0.1, 0.15) is 17.2 Å². The van der Waals surface area contributed by atoms with Crippen molar-refractivity contribution < 1.29 is 14.2 Å². The molecule has 0 saturated heterocycles. The van der Waals surface area contributed by atoms with Crippen molar-refractivity contribution in [2.75, 3.05) is 34.4 Å². The van der Waals surface area contributed by atoms with Gasteiger partial charge in [-0.05, 0) is 6.42 Å². The molecule has 0 radical (unpaired) electrons. The van der Waals surface area contributed by atoms with Crippen LogP contribution in [0.15, 0.2) is 29.8 Å². The van der Waals surface area contributed by atoms with Crippen LogP contribution in [0.25, 0.3) is 0 Å². The molecule has 0 amide bonds. The molecule has 0 aliphatic heterocycles. The van der Waals surface area contributed by atoms with E-state index >= 15 is 0 Å². The quantitative estimate of drug-likeness (QED) is 0.430. The van der Waals surface area contributed by atoms with Crippen LogP contribution in [0.4, 0.5) is 0 Å². The fourth-order valence-electron chi connectivity index (χ4n) is 1.85. The summed E-state index contributed by atoms with van der Waals surface area (Å²) in [6, 6.07) is 3.64. The lowest BCUT2D eigenvalue weighted by Crippen LogP contribution is -2.31. The summed E-state index contributed by atoms with van der Waals surface area (Å²) in [4.78, 5) is 4.24. The van der Waals surface area contributed by atoms with E-state index in [2.05, 4.69) is 16.9 Å². The van der Waals surface area contributed by atoms with Gasteiger partial charge in [-0.2, -0.15) is 0 Å². The Morgan fingerprint density at radius 2 is 1.86 bits per heavy atom. The largest absolute Gasteiger partial charge is 0.496 e. The number of nitrogens with zero attached hydrogens (tertiary/aromatic N) is 1. The van der Waals surface area contributed by atoms with Crippen LogP contribution >= 0.6 is 0 Å². The SMILES string of the molecule is C=CCNC(N)=NCCc1c(OC)cc(OC)cc1OC. The minimum absolute atomic E-state index is 0.390. The van der Waals surface area contributed by atoms with Gasteiger partial charge in [0, 0.05) is 30.8 Å². The normalized spacial score (nSPS) is 10.9. The summed E-state index contributed by atoms with van der Waals surface area (Å²) in [5.74, 6) is 2.49. The number of nitrogens with one attached hydrogen (secondary N) is 1. The minimum atomic E-state index is 0.390. The molecule has 6 heteroatoms. The van der Waals surface area contributed by atoms with E-state index in [4.69, 9.17) is 19.9 Å². The summed E-state index contributed by atoms with van der Waals surface area (Å²) < 4.78 is 16.0. The van der Waals surface area contributed by atoms with E-state index in [0.29, 0.717) is 42.7 Å². The smallest absolute Gasteiger partial charge is 0.188 e. The third-order valence-electron chi connectivity index (χ3n) is 2.89. The molecule has 0 bridgehead atoms. The Bertz CT molecular complexity index is 476. The summed E-state index contributed by atoms with van der Waals surface area (Å²) in [5.41, 5.74) is 6.65. The number of nitrogens with two attached hydrogens (primary N) is 1. The molecule has 21 heavy (non-hydrogen) atoms. The molecule has 0 saturated carbocycles. The fraction of sp³-hybridized carbons (Fsp3) is 0.400. The number of hydrogen-bond acceptors (Lipinski definition) is 4. The van der Waals surface area contributed by atoms with E-state index in [1.807, 2.05) is 12.1 Å². The number of benzene rings is 1. The first-order valence-corrected chi connectivity index (χ1v) is 6.59. The standard InChI is InChI=1S/C15H23N3O3/c1-5-7-17-15(16)18-8-6-12-13(20-3)9-11(19-2)10-14(12)21-4/h5,9-10H,1,6-8H2,2-4H3,(H3,16,17,18). The van der Waals surface area contributed by atoms with Gasteiger partial charge in [-0.25, -0.2) is 0 Å². The predicted molar refractivity (Wildman–Crippen MR) is 84.5 cm³/mol. The highest BCUT2D eigenvalue weighted by molar-refractivity contribution is 5.77. The predicted octanol–water partition coefficient (Wildman–Crippen LogP) is 1.35. The third kappa shape index (κ3) is 4.91. The van der Waals surface area contributed by atoms with Crippen molar-refractivity contribution >= 4 is 5.96 Å². The van der Waals surface area contributed by atoms with Gasteiger partial charge in [-0.3, -0.25) is 4.99 Å². The topological polar surface area (TPSA) is 78.1 Å². The van der Waals surface area contributed by atoms with E-state index in [9.17, 15) is 0 Å². The van der Waals surface area contributed by atoms with Crippen LogP contribution in [0.2, 0.25) is 0 Å². The highest BCUT2D eigenvalue weighted by Gasteiger charge is 2.12. The molecular weight excluding hydrogens is 270 g/mol. The van der Waals surface area contributed by atoms with Gasteiger partial charge >= 0.3 is 0 Å². The van der Waals surface area contributed by atoms with Gasteiger partial charge in [0.15, 0.2) is 5.96 Å². The number of hydrogen-bond donors (Lipinski definition) is 2. The van der Waals surface area contributed by atoms with Crippen LogP contribution < -0.4 is 25.3 Å². The molecule has 0 unspecified atom stereocenters. The molecule has 3 N–H and O–H groups in total. The van der Waals surface area contributed by atoms with Gasteiger partial charge in [0.05, 0.1) is 21.3 Å². The Morgan fingerprint density at radius 1 is 1.24 bits per heavy atom. The second-order valence-electron chi connectivity index (χ2n) is 4.20. The van der Waals surface area contributed by atoms with Crippen LogP contribution in [-0.4, -0.2) is 40.4 Å². The number of aliphatic imine (C=N–C) groups is 1. The molecule has 0 heterocycles. The lowest BCUT2D eigenvalue weighted by molar-refractivity contribution is 0.369. The number of rotatable bonds is 8. The summed E-state index contributed by atoms with van der Waals surface area (Å²) in [6.07, 6.45) is 2.37. The van der Waals surface area contributed by atoms with Crippen LogP contribution in [-0.2, 0) is 6.42 Å². The second-order valence-corrected chi connectivity index (χ2v) is 4.20. The maximum Gasteiger partial charge on any atom is 0.188 e. The van der Waals surface area contributed by atoms with Crippen LogP contribution in [0.3, 0.4) is 0 Å². The molecular formula is C15H23N3O3. The first kappa shape index (κ1) is 16.7. The molecule has 0 fully saturated rings. The van der Waals surface area contributed by atoms with E-state index in [1.54, 1.807) is 27.4 Å². The maximum atomic E-state index is 5.72. The maximum absolute atomic E-state index is 5.72. The van der Waals surface area contributed by atoms with E-state index in [1.165, 1.54) is 0 Å². The molecule has 0 spiro atoms. The van der Waals surface area contributed by atoms with Gasteiger partial charge in [-0.15, -0.1) is 6.58 Å². The Kier molecular flexibility index (Phi) is 6.94. The Hall–Kier alpha value is -2.37. The van der Waals surface area contributed by atoms with E-state index in [0.717, 1.165) is 5.56 Å². The van der Waals surface area contributed by atoms with Crippen LogP contribution in [0.5, 0.6) is 17.2 Å². The van der Waals surface area contributed by atoms with E-state index < -0.39 is 0 Å². The highest BCUT2D eigenvalue weighted by Crippen LogP contribution is 2.34. The van der Waals surface area contributed by atoms with Crippen molar-refractivity contribution in [1.29, 1.82) is 0 Å². The van der Waals surface area contributed by atoms with Crippen molar-refractivity contribution in [3.63, 3.8) is 0 Å². The third-order valence-corrected chi connectivity index (χ3v) is 2.89. The number of ether oxygens (including phenoxy) is 3. The number of guanidine groups is 1. The van der Waals surface area contributed by atoms with Gasteiger partial charge in [0.2, 0.25) is 0 Å². The molecule has 0 aromatic heterocycles. The van der Waals surface area contributed by atoms with Crippen LogP contribution in [0.1, 0.15) is 5.56 Å². The Balaban J connectivity index is 2.84. The first-order chi connectivity index (χ1) is 10.2. The van der Waals surface area contributed by atoms with Crippen molar-refractivity contribution in [1.82, 2.24) is 5.32 Å². The Labute approximate surface area is 125 Å². The molecule has 6 nitrogen and oxygen atoms in total. The molecule has 0 aliphatic rings. The second kappa shape index (κ2) is 8.73. The monoisotopic (exact) mass is 293 g/mol. The molecule has 1 rings (SSSR count). The highest BCUT2D eigenvalue weighted by atomic mass is 16.5.